The highest BCUT2D eigenvalue weighted by molar-refractivity contribution is 5.81. The maximum absolute atomic E-state index is 12.5. The fourth-order valence-electron chi connectivity index (χ4n) is 2.77. The highest BCUT2D eigenvalue weighted by Gasteiger charge is 2.27. The zero-order chi connectivity index (χ0) is 16.8. The maximum Gasteiger partial charge on any atom is 0.236 e. The summed E-state index contributed by atoms with van der Waals surface area (Å²) in [5.74, 6) is -0.631. The van der Waals surface area contributed by atoms with Crippen LogP contribution in [0.5, 0.6) is 0 Å². The average molecular weight is 319 g/mol. The third-order valence-corrected chi connectivity index (χ3v) is 4.06. The third-order valence-electron chi connectivity index (χ3n) is 4.06. The number of likely N-dealkylation sites (N-methyl/N-ethyl adjacent to an activating group) is 2. The van der Waals surface area contributed by atoms with E-state index < -0.39 is 0 Å². The van der Waals surface area contributed by atoms with Crippen LogP contribution < -0.4 is 5.73 Å². The van der Waals surface area contributed by atoms with Crippen LogP contribution in [0.15, 0.2) is 24.5 Å². The summed E-state index contributed by atoms with van der Waals surface area (Å²) >= 11 is 0. The van der Waals surface area contributed by atoms with Crippen molar-refractivity contribution >= 4 is 11.8 Å². The minimum Gasteiger partial charge on any atom is -0.369 e. The second-order valence-corrected chi connectivity index (χ2v) is 6.23. The van der Waals surface area contributed by atoms with E-state index in [0.717, 1.165) is 12.1 Å². The van der Waals surface area contributed by atoms with Crippen LogP contribution in [0.4, 0.5) is 0 Å². The van der Waals surface area contributed by atoms with Crippen molar-refractivity contribution in [1.29, 1.82) is 0 Å². The number of primary amides is 1. The number of nitrogens with two attached hydrogens (primary N) is 1. The van der Waals surface area contributed by atoms with Crippen LogP contribution in [0.1, 0.15) is 5.56 Å². The molecule has 2 rings (SSSR count). The minimum atomic E-state index is -0.347. The van der Waals surface area contributed by atoms with Gasteiger partial charge in [0.05, 0.1) is 12.5 Å². The van der Waals surface area contributed by atoms with E-state index in [2.05, 4.69) is 4.98 Å². The quantitative estimate of drug-likeness (QED) is 0.783. The Labute approximate surface area is 137 Å². The Morgan fingerprint density at radius 2 is 2.17 bits per heavy atom. The van der Waals surface area contributed by atoms with Crippen molar-refractivity contribution in [1.82, 2.24) is 19.7 Å². The molecule has 1 aromatic rings. The van der Waals surface area contributed by atoms with Crippen LogP contribution >= 0.6 is 0 Å². The number of amides is 2. The van der Waals surface area contributed by atoms with Crippen molar-refractivity contribution in [3.63, 3.8) is 0 Å². The van der Waals surface area contributed by atoms with Gasteiger partial charge in [-0.25, -0.2) is 0 Å². The first kappa shape index (κ1) is 17.4. The molecule has 1 aromatic heterocycles. The molecule has 0 aliphatic carbocycles. The van der Waals surface area contributed by atoms with Gasteiger partial charge in [-0.15, -0.1) is 0 Å². The molecule has 0 radical (unpaired) electrons. The highest BCUT2D eigenvalue weighted by Crippen LogP contribution is 2.09. The molecule has 1 aliphatic heterocycles. The molecule has 0 unspecified atom stereocenters. The van der Waals surface area contributed by atoms with Gasteiger partial charge in [-0.3, -0.25) is 19.5 Å². The van der Waals surface area contributed by atoms with E-state index in [0.29, 0.717) is 32.7 Å². The Balaban J connectivity index is 1.92. The van der Waals surface area contributed by atoms with Gasteiger partial charge in [0.25, 0.3) is 0 Å². The lowest BCUT2D eigenvalue weighted by Gasteiger charge is -2.25. The Morgan fingerprint density at radius 3 is 2.83 bits per heavy atom. The first-order valence-electron chi connectivity index (χ1n) is 7.79. The van der Waals surface area contributed by atoms with Gasteiger partial charge in [0.1, 0.15) is 0 Å². The molecule has 7 heteroatoms. The van der Waals surface area contributed by atoms with Gasteiger partial charge in [-0.1, -0.05) is 6.07 Å². The molecule has 126 valence electrons. The third kappa shape index (κ3) is 5.30. The highest BCUT2D eigenvalue weighted by atomic mass is 16.2. The number of pyridine rings is 1. The molecule has 0 aromatic carbocycles. The minimum absolute atomic E-state index is 0.0259. The van der Waals surface area contributed by atoms with Crippen LogP contribution in [0.25, 0.3) is 0 Å². The fraction of sp³-hybridized carbons (Fsp3) is 0.562. The summed E-state index contributed by atoms with van der Waals surface area (Å²) in [7, 11) is 3.85. The molecule has 2 amide bonds. The van der Waals surface area contributed by atoms with Crippen LogP contribution in [0.2, 0.25) is 0 Å². The topological polar surface area (TPSA) is 82.8 Å². The van der Waals surface area contributed by atoms with E-state index in [4.69, 9.17) is 5.73 Å². The van der Waals surface area contributed by atoms with E-state index in [1.54, 1.807) is 17.3 Å². The summed E-state index contributed by atoms with van der Waals surface area (Å²) in [6.07, 6.45) is 3.53. The number of nitrogens with zero attached hydrogens (tertiary/aromatic N) is 4. The standard InChI is InChI=1S/C16H25N5O2/c1-19-6-7-21(11-14(10-19)16(17)23)15(22)12-20(2)9-13-4-3-5-18-8-13/h3-5,8,14H,6-7,9-12H2,1-2H3,(H2,17,23)/t14-/m1/s1. The second-order valence-electron chi connectivity index (χ2n) is 6.23. The number of aromatic nitrogens is 1. The van der Waals surface area contributed by atoms with Gasteiger partial charge in [-0.05, 0) is 25.7 Å². The largest absolute Gasteiger partial charge is 0.369 e. The Kier molecular flexibility index (Phi) is 6.06. The van der Waals surface area contributed by atoms with E-state index in [1.807, 2.05) is 36.0 Å². The summed E-state index contributed by atoms with van der Waals surface area (Å²) < 4.78 is 0. The predicted octanol–water partition coefficient (Wildman–Crippen LogP) is -0.611. The molecular formula is C16H25N5O2. The second kappa shape index (κ2) is 8.03. The summed E-state index contributed by atoms with van der Waals surface area (Å²) in [5.41, 5.74) is 6.51. The number of carbonyl (C=O) groups excluding carboxylic acids is 2. The van der Waals surface area contributed by atoms with Gasteiger partial charge in [0.15, 0.2) is 0 Å². The molecule has 0 spiro atoms. The van der Waals surface area contributed by atoms with Crippen molar-refractivity contribution in [2.24, 2.45) is 11.7 Å². The van der Waals surface area contributed by atoms with Crippen molar-refractivity contribution in [2.45, 2.75) is 6.54 Å². The number of rotatable bonds is 5. The summed E-state index contributed by atoms with van der Waals surface area (Å²) in [4.78, 5) is 33.9. The van der Waals surface area contributed by atoms with E-state index in [-0.39, 0.29) is 17.7 Å². The summed E-state index contributed by atoms with van der Waals surface area (Å²) in [6.45, 7) is 3.35. The van der Waals surface area contributed by atoms with Crippen molar-refractivity contribution in [3.8, 4) is 0 Å². The molecule has 1 atom stereocenters. The van der Waals surface area contributed by atoms with E-state index in [9.17, 15) is 9.59 Å². The Hall–Kier alpha value is -1.99. The van der Waals surface area contributed by atoms with Gasteiger partial charge in [0, 0.05) is 45.1 Å². The van der Waals surface area contributed by atoms with Gasteiger partial charge in [0.2, 0.25) is 11.8 Å². The normalized spacial score (nSPS) is 19.6. The Bertz CT molecular complexity index is 537. The first-order chi connectivity index (χ1) is 11.0. The monoisotopic (exact) mass is 319 g/mol. The first-order valence-corrected chi connectivity index (χ1v) is 7.79. The number of carbonyl (C=O) groups is 2. The van der Waals surface area contributed by atoms with Crippen molar-refractivity contribution in [2.75, 3.05) is 46.8 Å². The lowest BCUT2D eigenvalue weighted by atomic mass is 10.1. The summed E-state index contributed by atoms with van der Waals surface area (Å²) in [6, 6.07) is 3.87. The number of hydrogen-bond donors (Lipinski definition) is 1. The molecule has 23 heavy (non-hydrogen) atoms. The zero-order valence-corrected chi connectivity index (χ0v) is 13.8. The smallest absolute Gasteiger partial charge is 0.236 e. The van der Waals surface area contributed by atoms with Crippen molar-refractivity contribution < 1.29 is 9.59 Å². The predicted molar refractivity (Wildman–Crippen MR) is 87.3 cm³/mol. The van der Waals surface area contributed by atoms with Crippen molar-refractivity contribution in [3.05, 3.63) is 30.1 Å². The van der Waals surface area contributed by atoms with Crippen LogP contribution in [-0.2, 0) is 16.1 Å². The van der Waals surface area contributed by atoms with Gasteiger partial charge < -0.3 is 15.5 Å². The van der Waals surface area contributed by atoms with Crippen LogP contribution in [0, 0.1) is 5.92 Å². The molecular weight excluding hydrogens is 294 g/mol. The molecule has 2 heterocycles. The maximum atomic E-state index is 12.5. The average Bonchev–Trinajstić information content (AvgIpc) is 2.70. The lowest BCUT2D eigenvalue weighted by Crippen LogP contribution is -2.44. The van der Waals surface area contributed by atoms with E-state index in [1.165, 1.54) is 0 Å². The van der Waals surface area contributed by atoms with Crippen LogP contribution in [0.3, 0.4) is 0 Å². The molecule has 2 N–H and O–H groups in total. The van der Waals surface area contributed by atoms with E-state index >= 15 is 0 Å². The van der Waals surface area contributed by atoms with Gasteiger partial charge >= 0.3 is 0 Å². The summed E-state index contributed by atoms with van der Waals surface area (Å²) in [5, 5.41) is 0. The molecule has 1 fully saturated rings. The zero-order valence-electron chi connectivity index (χ0n) is 13.8. The Morgan fingerprint density at radius 1 is 1.39 bits per heavy atom. The van der Waals surface area contributed by atoms with Gasteiger partial charge in [-0.2, -0.15) is 0 Å². The molecule has 0 bridgehead atoms. The lowest BCUT2D eigenvalue weighted by molar-refractivity contribution is -0.133. The number of hydrogen-bond acceptors (Lipinski definition) is 5. The fourth-order valence-corrected chi connectivity index (χ4v) is 2.77. The molecule has 1 saturated heterocycles. The molecule has 0 saturated carbocycles. The molecule has 7 nitrogen and oxygen atoms in total. The SMILES string of the molecule is CN(CC(=O)N1CCN(C)C[C@@H](C(N)=O)C1)Cc1cccnc1. The van der Waals surface area contributed by atoms with Crippen LogP contribution in [-0.4, -0.2) is 78.3 Å². The molecule has 1 aliphatic rings.